The molecule has 0 radical (unpaired) electrons. The van der Waals surface area contributed by atoms with Gasteiger partial charge in [-0.05, 0) is 13.8 Å². The molecule has 4 heteroatoms. The lowest BCUT2D eigenvalue weighted by atomic mass is 9.80. The molecule has 4 nitrogen and oxygen atoms in total. The average Bonchev–Trinajstić information content (AvgIpc) is 2.73. The first-order valence-corrected chi connectivity index (χ1v) is 7.16. The lowest BCUT2D eigenvalue weighted by Gasteiger charge is -2.27. The van der Waals surface area contributed by atoms with Crippen molar-refractivity contribution in [2.75, 3.05) is 6.61 Å². The van der Waals surface area contributed by atoms with E-state index in [9.17, 15) is 9.59 Å². The van der Waals surface area contributed by atoms with Crippen LogP contribution in [0.2, 0.25) is 0 Å². The summed E-state index contributed by atoms with van der Waals surface area (Å²) in [7, 11) is 0. The second kappa shape index (κ2) is 4.95. The van der Waals surface area contributed by atoms with Gasteiger partial charge in [0.1, 0.15) is 5.92 Å². The summed E-state index contributed by atoms with van der Waals surface area (Å²) in [5, 5.41) is 0. The van der Waals surface area contributed by atoms with E-state index in [1.54, 1.807) is 6.92 Å². The predicted octanol–water partition coefficient (Wildman–Crippen LogP) is 2.88. The molecule has 1 aliphatic carbocycles. The maximum atomic E-state index is 12.6. The van der Waals surface area contributed by atoms with E-state index >= 15 is 0 Å². The lowest BCUT2D eigenvalue weighted by molar-refractivity contribution is -0.146. The maximum absolute atomic E-state index is 12.6. The van der Waals surface area contributed by atoms with E-state index in [2.05, 4.69) is 4.99 Å². The van der Waals surface area contributed by atoms with E-state index in [0.29, 0.717) is 23.5 Å². The van der Waals surface area contributed by atoms with Crippen molar-refractivity contribution in [1.29, 1.82) is 0 Å². The molecule has 0 saturated carbocycles. The third-order valence-corrected chi connectivity index (χ3v) is 4.16. The van der Waals surface area contributed by atoms with Crippen molar-refractivity contribution in [2.45, 2.75) is 20.8 Å². The van der Waals surface area contributed by atoms with E-state index in [-0.39, 0.29) is 17.7 Å². The van der Waals surface area contributed by atoms with Crippen molar-refractivity contribution in [1.82, 2.24) is 0 Å². The molecule has 2 aliphatic rings. The van der Waals surface area contributed by atoms with Gasteiger partial charge in [-0.15, -0.1) is 0 Å². The van der Waals surface area contributed by atoms with E-state index in [4.69, 9.17) is 4.74 Å². The van der Waals surface area contributed by atoms with Crippen LogP contribution in [0, 0.1) is 11.8 Å². The minimum absolute atomic E-state index is 0.0151. The van der Waals surface area contributed by atoms with E-state index < -0.39 is 5.92 Å². The normalized spacial score (nSPS) is 23.6. The van der Waals surface area contributed by atoms with Crippen LogP contribution in [0.4, 0.5) is 0 Å². The summed E-state index contributed by atoms with van der Waals surface area (Å²) in [4.78, 5) is 29.3. The Labute approximate surface area is 123 Å². The third-order valence-electron chi connectivity index (χ3n) is 4.16. The Bertz CT molecular complexity index is 700. The van der Waals surface area contributed by atoms with Crippen LogP contribution < -0.4 is 0 Å². The first-order valence-electron chi connectivity index (χ1n) is 7.16. The molecule has 1 aliphatic heterocycles. The van der Waals surface area contributed by atoms with E-state index in [0.717, 1.165) is 11.3 Å². The summed E-state index contributed by atoms with van der Waals surface area (Å²) in [6, 6.07) is 7.46. The number of carbonyl (C=O) groups excluding carboxylic acids is 2. The predicted molar refractivity (Wildman–Crippen MR) is 80.1 cm³/mol. The number of hydrogen-bond donors (Lipinski definition) is 0. The van der Waals surface area contributed by atoms with Crippen molar-refractivity contribution >= 4 is 23.2 Å². The number of ether oxygens (including phenoxy) is 1. The Balaban J connectivity index is 2.07. The van der Waals surface area contributed by atoms with Gasteiger partial charge < -0.3 is 4.74 Å². The molecule has 0 spiro atoms. The summed E-state index contributed by atoms with van der Waals surface area (Å²) in [6.07, 6.45) is 0. The van der Waals surface area contributed by atoms with Gasteiger partial charge in [-0.1, -0.05) is 31.2 Å². The third kappa shape index (κ3) is 1.94. The Hall–Kier alpha value is -2.23. The molecule has 0 amide bonds. The van der Waals surface area contributed by atoms with Gasteiger partial charge in [0.25, 0.3) is 0 Å². The number of carbonyl (C=O) groups is 2. The Kier molecular flexibility index (Phi) is 3.24. The fourth-order valence-electron chi connectivity index (χ4n) is 3.21. The standard InChI is InChI=1S/C17H17NO3/c1-4-21-17(20)13-9(2)14-15(18-10(13)3)11-7-5-6-8-12(11)16(14)19/h5-9,13H,4H2,1-3H3. The summed E-state index contributed by atoms with van der Waals surface area (Å²) in [5.74, 6) is -1.00. The van der Waals surface area contributed by atoms with Crippen molar-refractivity contribution in [3.05, 3.63) is 41.0 Å². The average molecular weight is 283 g/mol. The van der Waals surface area contributed by atoms with Crippen LogP contribution in [0.15, 0.2) is 34.8 Å². The Morgan fingerprint density at radius 3 is 2.62 bits per heavy atom. The largest absolute Gasteiger partial charge is 0.465 e. The highest BCUT2D eigenvalue weighted by Gasteiger charge is 2.42. The van der Waals surface area contributed by atoms with E-state index in [1.807, 2.05) is 38.1 Å². The number of benzene rings is 1. The summed E-state index contributed by atoms with van der Waals surface area (Å²) >= 11 is 0. The highest BCUT2D eigenvalue weighted by Crippen LogP contribution is 2.43. The number of esters is 1. The topological polar surface area (TPSA) is 55.7 Å². The first kappa shape index (κ1) is 13.7. The summed E-state index contributed by atoms with van der Waals surface area (Å²) in [5.41, 5.74) is 3.62. The molecule has 3 rings (SSSR count). The fourth-order valence-corrected chi connectivity index (χ4v) is 3.21. The molecule has 2 unspecified atom stereocenters. The molecule has 21 heavy (non-hydrogen) atoms. The van der Waals surface area contributed by atoms with Crippen LogP contribution in [0.3, 0.4) is 0 Å². The van der Waals surface area contributed by atoms with Gasteiger partial charge in [0.05, 0.1) is 12.3 Å². The van der Waals surface area contributed by atoms with Gasteiger partial charge in [-0.2, -0.15) is 0 Å². The smallest absolute Gasteiger partial charge is 0.315 e. The van der Waals surface area contributed by atoms with Gasteiger partial charge in [0, 0.05) is 28.3 Å². The van der Waals surface area contributed by atoms with Crippen LogP contribution in [0.25, 0.3) is 5.70 Å². The number of aliphatic imine (C=N–C) groups is 1. The SMILES string of the molecule is CCOC(=O)C1C(C)=NC2=C(C(=O)c3ccccc32)C1C. The number of Topliss-reactive ketones (excluding diaryl/α,β-unsaturated/α-hetero) is 1. The second-order valence-electron chi connectivity index (χ2n) is 5.41. The number of fused-ring (bicyclic) bond motifs is 2. The lowest BCUT2D eigenvalue weighted by Crippen LogP contribution is -2.34. The Morgan fingerprint density at radius 1 is 1.29 bits per heavy atom. The van der Waals surface area contributed by atoms with Crippen molar-refractivity contribution in [3.8, 4) is 0 Å². The zero-order valence-electron chi connectivity index (χ0n) is 12.3. The number of allylic oxidation sites excluding steroid dienone is 1. The van der Waals surface area contributed by atoms with Gasteiger partial charge in [0.15, 0.2) is 5.78 Å². The summed E-state index contributed by atoms with van der Waals surface area (Å²) in [6.45, 7) is 5.83. The van der Waals surface area contributed by atoms with E-state index in [1.165, 1.54) is 0 Å². The van der Waals surface area contributed by atoms with Gasteiger partial charge in [0.2, 0.25) is 0 Å². The molecular weight excluding hydrogens is 266 g/mol. The summed E-state index contributed by atoms with van der Waals surface area (Å²) < 4.78 is 5.13. The molecule has 0 aromatic heterocycles. The zero-order chi connectivity index (χ0) is 15.1. The minimum Gasteiger partial charge on any atom is -0.465 e. The number of nitrogens with zero attached hydrogens (tertiary/aromatic N) is 1. The van der Waals surface area contributed by atoms with Crippen LogP contribution >= 0.6 is 0 Å². The van der Waals surface area contributed by atoms with Gasteiger partial charge >= 0.3 is 5.97 Å². The van der Waals surface area contributed by atoms with Crippen LogP contribution in [-0.4, -0.2) is 24.1 Å². The first-order chi connectivity index (χ1) is 10.1. The molecule has 108 valence electrons. The van der Waals surface area contributed by atoms with Crippen LogP contribution in [0.1, 0.15) is 36.7 Å². The monoisotopic (exact) mass is 283 g/mol. The molecule has 1 heterocycles. The number of hydrogen-bond acceptors (Lipinski definition) is 4. The fraction of sp³-hybridized carbons (Fsp3) is 0.353. The molecule has 2 atom stereocenters. The second-order valence-corrected chi connectivity index (χ2v) is 5.41. The molecule has 0 saturated heterocycles. The Morgan fingerprint density at radius 2 is 1.95 bits per heavy atom. The molecule has 0 bridgehead atoms. The molecule has 1 aromatic rings. The quantitative estimate of drug-likeness (QED) is 0.784. The maximum Gasteiger partial charge on any atom is 0.315 e. The highest BCUT2D eigenvalue weighted by molar-refractivity contribution is 6.23. The van der Waals surface area contributed by atoms with Crippen LogP contribution in [-0.2, 0) is 9.53 Å². The van der Waals surface area contributed by atoms with Crippen molar-refractivity contribution in [3.63, 3.8) is 0 Å². The molecule has 0 fully saturated rings. The number of ketones is 1. The van der Waals surface area contributed by atoms with Gasteiger partial charge in [-0.3, -0.25) is 14.6 Å². The molecule has 0 N–H and O–H groups in total. The number of rotatable bonds is 2. The molecule has 1 aromatic carbocycles. The van der Waals surface area contributed by atoms with Crippen molar-refractivity contribution in [2.24, 2.45) is 16.8 Å². The van der Waals surface area contributed by atoms with Crippen LogP contribution in [0.5, 0.6) is 0 Å². The highest BCUT2D eigenvalue weighted by atomic mass is 16.5. The molecular formula is C17H17NO3. The zero-order valence-corrected chi connectivity index (χ0v) is 12.3. The van der Waals surface area contributed by atoms with Crippen molar-refractivity contribution < 1.29 is 14.3 Å². The van der Waals surface area contributed by atoms with Gasteiger partial charge in [-0.25, -0.2) is 0 Å². The minimum atomic E-state index is -0.470.